The Morgan fingerprint density at radius 2 is 1.95 bits per heavy atom. The van der Waals surface area contributed by atoms with Gasteiger partial charge in [-0.25, -0.2) is 8.78 Å². The summed E-state index contributed by atoms with van der Waals surface area (Å²) in [6.07, 6.45) is 1.24. The Hall–Kier alpha value is -1.46. The fraction of sp³-hybridized carbons (Fsp3) is 0.250. The van der Waals surface area contributed by atoms with Crippen LogP contribution in [0.25, 0.3) is 0 Å². The molecule has 0 spiro atoms. The maximum atomic E-state index is 14.0. The first-order valence-electron chi connectivity index (χ1n) is 6.67. The highest BCUT2D eigenvalue weighted by atomic mass is 79.9. The first-order chi connectivity index (χ1) is 10.0. The molecule has 2 nitrogen and oxygen atoms in total. The van der Waals surface area contributed by atoms with Crippen LogP contribution >= 0.6 is 15.9 Å². The lowest BCUT2D eigenvalue weighted by Gasteiger charge is -2.15. The van der Waals surface area contributed by atoms with E-state index in [1.807, 2.05) is 6.92 Å². The summed E-state index contributed by atoms with van der Waals surface area (Å²) in [6, 6.07) is 8.80. The molecule has 112 valence electrons. The maximum Gasteiger partial charge on any atom is 0.166 e. The third kappa shape index (κ3) is 4.02. The van der Waals surface area contributed by atoms with Gasteiger partial charge in [-0.1, -0.05) is 35.0 Å². The molecule has 0 bridgehead atoms. The highest BCUT2D eigenvalue weighted by Gasteiger charge is 2.15. The lowest BCUT2D eigenvalue weighted by molar-refractivity contribution is 0.407. The van der Waals surface area contributed by atoms with Gasteiger partial charge in [-0.2, -0.15) is 0 Å². The van der Waals surface area contributed by atoms with Crippen LogP contribution in [-0.2, 0) is 6.42 Å². The minimum Gasteiger partial charge on any atom is -0.451 e. The first-order valence-corrected chi connectivity index (χ1v) is 7.46. The van der Waals surface area contributed by atoms with Gasteiger partial charge in [-0.3, -0.25) is 0 Å². The molecule has 0 amide bonds. The quantitative estimate of drug-likeness (QED) is 0.835. The molecular formula is C16H16BrF2NO. The Morgan fingerprint density at radius 3 is 2.67 bits per heavy atom. The van der Waals surface area contributed by atoms with Crippen LogP contribution in [-0.4, -0.2) is 6.04 Å². The first kappa shape index (κ1) is 15.9. The van der Waals surface area contributed by atoms with Gasteiger partial charge in [0, 0.05) is 10.5 Å². The molecule has 1 unspecified atom stereocenters. The molecular weight excluding hydrogens is 340 g/mol. The number of halogens is 3. The highest BCUT2D eigenvalue weighted by molar-refractivity contribution is 9.10. The second-order valence-corrected chi connectivity index (χ2v) is 5.69. The fourth-order valence-corrected chi connectivity index (χ4v) is 2.26. The van der Waals surface area contributed by atoms with E-state index in [0.29, 0.717) is 16.5 Å². The summed E-state index contributed by atoms with van der Waals surface area (Å²) in [6.45, 7) is 1.96. The second-order valence-electron chi connectivity index (χ2n) is 4.78. The van der Waals surface area contributed by atoms with Crippen molar-refractivity contribution in [1.29, 1.82) is 0 Å². The van der Waals surface area contributed by atoms with Crippen LogP contribution in [0.5, 0.6) is 11.5 Å². The predicted molar refractivity (Wildman–Crippen MR) is 82.5 cm³/mol. The summed E-state index contributed by atoms with van der Waals surface area (Å²) in [5.41, 5.74) is 6.54. The Kier molecular flexibility index (Phi) is 5.31. The van der Waals surface area contributed by atoms with Gasteiger partial charge in [0.15, 0.2) is 23.1 Å². The lowest BCUT2D eigenvalue weighted by atomic mass is 10.0. The van der Waals surface area contributed by atoms with Crippen molar-refractivity contribution >= 4 is 15.9 Å². The van der Waals surface area contributed by atoms with Gasteiger partial charge in [0.2, 0.25) is 0 Å². The van der Waals surface area contributed by atoms with E-state index in [1.165, 1.54) is 18.2 Å². The monoisotopic (exact) mass is 355 g/mol. The Bertz CT molecular complexity index is 634. The molecule has 0 aromatic heterocycles. The molecule has 0 heterocycles. The molecule has 0 aliphatic carbocycles. The van der Waals surface area contributed by atoms with Gasteiger partial charge in [0.05, 0.1) is 0 Å². The van der Waals surface area contributed by atoms with Crippen LogP contribution in [0.15, 0.2) is 40.9 Å². The highest BCUT2D eigenvalue weighted by Crippen LogP contribution is 2.32. The molecule has 2 aromatic carbocycles. The smallest absolute Gasteiger partial charge is 0.166 e. The van der Waals surface area contributed by atoms with Crippen LogP contribution in [0.1, 0.15) is 18.9 Å². The van der Waals surface area contributed by atoms with Gasteiger partial charge < -0.3 is 10.5 Å². The number of ether oxygens (including phenoxy) is 1. The summed E-state index contributed by atoms with van der Waals surface area (Å²) in [7, 11) is 0. The average molecular weight is 356 g/mol. The molecule has 0 saturated carbocycles. The normalized spacial score (nSPS) is 12.2. The largest absolute Gasteiger partial charge is 0.451 e. The number of nitrogens with two attached hydrogens (primary N) is 1. The second kappa shape index (κ2) is 7.00. The zero-order chi connectivity index (χ0) is 15.4. The van der Waals surface area contributed by atoms with E-state index >= 15 is 0 Å². The number of hydrogen-bond acceptors (Lipinski definition) is 2. The van der Waals surface area contributed by atoms with Crippen LogP contribution in [0.4, 0.5) is 8.78 Å². The van der Waals surface area contributed by atoms with Crippen LogP contribution < -0.4 is 10.5 Å². The van der Waals surface area contributed by atoms with Crippen molar-refractivity contribution < 1.29 is 13.5 Å². The maximum absolute atomic E-state index is 14.0. The molecule has 2 N–H and O–H groups in total. The fourth-order valence-electron chi connectivity index (χ4n) is 1.92. The van der Waals surface area contributed by atoms with Gasteiger partial charge in [-0.05, 0) is 42.7 Å². The Labute approximate surface area is 131 Å². The van der Waals surface area contributed by atoms with E-state index in [1.54, 1.807) is 18.2 Å². The van der Waals surface area contributed by atoms with E-state index in [0.717, 1.165) is 6.42 Å². The van der Waals surface area contributed by atoms with Gasteiger partial charge in [-0.15, -0.1) is 0 Å². The summed E-state index contributed by atoms with van der Waals surface area (Å²) in [4.78, 5) is 0. The molecule has 0 fully saturated rings. The SMILES string of the molecule is CCC(N)Cc1cccc(F)c1Oc1cc(Br)ccc1F. The topological polar surface area (TPSA) is 35.2 Å². The van der Waals surface area contributed by atoms with Crippen molar-refractivity contribution in [3.63, 3.8) is 0 Å². The number of rotatable bonds is 5. The van der Waals surface area contributed by atoms with E-state index in [4.69, 9.17) is 10.5 Å². The summed E-state index contributed by atoms with van der Waals surface area (Å²) >= 11 is 3.24. The molecule has 0 saturated heterocycles. The standard InChI is InChI=1S/C16H16BrF2NO/c1-2-12(20)8-10-4-3-5-14(19)16(10)21-15-9-11(17)6-7-13(15)18/h3-7,9,12H,2,8,20H2,1H3. The lowest BCUT2D eigenvalue weighted by Crippen LogP contribution is -2.21. The van der Waals surface area contributed by atoms with E-state index < -0.39 is 11.6 Å². The third-order valence-corrected chi connectivity index (χ3v) is 3.65. The molecule has 0 aliphatic heterocycles. The minimum atomic E-state index is -0.549. The molecule has 21 heavy (non-hydrogen) atoms. The van der Waals surface area contributed by atoms with Crippen molar-refractivity contribution in [1.82, 2.24) is 0 Å². The van der Waals surface area contributed by atoms with Gasteiger partial charge in [0.1, 0.15) is 0 Å². The zero-order valence-electron chi connectivity index (χ0n) is 11.6. The summed E-state index contributed by atoms with van der Waals surface area (Å²) in [5.74, 6) is -1.08. The molecule has 1 atom stereocenters. The summed E-state index contributed by atoms with van der Waals surface area (Å²) < 4.78 is 33.9. The Balaban J connectivity index is 2.36. The predicted octanol–water partition coefficient (Wildman–Crippen LogP) is 4.80. The molecule has 0 aliphatic rings. The Morgan fingerprint density at radius 1 is 1.19 bits per heavy atom. The van der Waals surface area contributed by atoms with E-state index in [9.17, 15) is 8.78 Å². The van der Waals surface area contributed by atoms with E-state index in [-0.39, 0.29) is 17.5 Å². The van der Waals surface area contributed by atoms with Gasteiger partial charge >= 0.3 is 0 Å². The molecule has 5 heteroatoms. The van der Waals surface area contributed by atoms with Crippen LogP contribution in [0.2, 0.25) is 0 Å². The number of hydrogen-bond donors (Lipinski definition) is 1. The van der Waals surface area contributed by atoms with Crippen LogP contribution in [0, 0.1) is 11.6 Å². The molecule has 0 radical (unpaired) electrons. The summed E-state index contributed by atoms with van der Waals surface area (Å²) in [5, 5.41) is 0. The number of para-hydroxylation sites is 1. The van der Waals surface area contributed by atoms with Crippen molar-refractivity contribution in [3.8, 4) is 11.5 Å². The van der Waals surface area contributed by atoms with Crippen molar-refractivity contribution in [3.05, 3.63) is 58.1 Å². The van der Waals surface area contributed by atoms with Crippen molar-refractivity contribution in [2.45, 2.75) is 25.8 Å². The molecule has 2 rings (SSSR count). The third-order valence-electron chi connectivity index (χ3n) is 3.16. The van der Waals surface area contributed by atoms with Gasteiger partial charge in [0.25, 0.3) is 0 Å². The zero-order valence-corrected chi connectivity index (χ0v) is 13.2. The minimum absolute atomic E-state index is 0.0263. The molecule has 2 aromatic rings. The average Bonchev–Trinajstić information content (AvgIpc) is 2.46. The number of benzene rings is 2. The van der Waals surface area contributed by atoms with Crippen molar-refractivity contribution in [2.24, 2.45) is 5.73 Å². The van der Waals surface area contributed by atoms with Crippen molar-refractivity contribution in [2.75, 3.05) is 0 Å². The van der Waals surface area contributed by atoms with Crippen LogP contribution in [0.3, 0.4) is 0 Å². The van der Waals surface area contributed by atoms with E-state index in [2.05, 4.69) is 15.9 Å².